The van der Waals surface area contributed by atoms with Crippen molar-refractivity contribution in [2.24, 2.45) is 11.7 Å². The van der Waals surface area contributed by atoms with Gasteiger partial charge < -0.3 is 21.1 Å². The topological polar surface area (TPSA) is 93.4 Å². The van der Waals surface area contributed by atoms with Crippen LogP contribution < -0.4 is 21.1 Å². The van der Waals surface area contributed by atoms with Crippen LogP contribution in [0.2, 0.25) is 0 Å². The highest BCUT2D eigenvalue weighted by Gasteiger charge is 2.28. The first-order valence-electron chi connectivity index (χ1n) is 7.30. The molecule has 0 aliphatic heterocycles. The van der Waals surface area contributed by atoms with E-state index >= 15 is 0 Å². The molecule has 1 rings (SSSR count). The molecule has 24 heavy (non-hydrogen) atoms. The second-order valence-electron chi connectivity index (χ2n) is 5.06. The van der Waals surface area contributed by atoms with Crippen molar-refractivity contribution < 1.29 is 27.5 Å². The van der Waals surface area contributed by atoms with Gasteiger partial charge in [0.05, 0.1) is 12.5 Å². The number of halogens is 3. The Morgan fingerprint density at radius 1 is 1.21 bits per heavy atom. The number of nitrogens with one attached hydrogen (secondary N) is 2. The Labute approximate surface area is 137 Å². The van der Waals surface area contributed by atoms with Crippen molar-refractivity contribution in [1.29, 1.82) is 0 Å². The molecule has 134 valence electrons. The van der Waals surface area contributed by atoms with Crippen molar-refractivity contribution in [3.63, 3.8) is 0 Å². The first kappa shape index (κ1) is 19.6. The van der Waals surface area contributed by atoms with Gasteiger partial charge in [0.1, 0.15) is 12.3 Å². The minimum atomic E-state index is -4.50. The average Bonchev–Trinajstić information content (AvgIpc) is 2.50. The highest BCUT2D eigenvalue weighted by molar-refractivity contribution is 5.79. The van der Waals surface area contributed by atoms with E-state index in [2.05, 4.69) is 5.32 Å². The number of rotatable bonds is 8. The minimum Gasteiger partial charge on any atom is -0.494 e. The lowest BCUT2D eigenvalue weighted by molar-refractivity contribution is -0.123. The maximum absolute atomic E-state index is 12.0. The van der Waals surface area contributed by atoms with Crippen LogP contribution in [0.15, 0.2) is 24.3 Å². The molecule has 1 atom stereocenters. The Hall–Kier alpha value is -2.45. The fourth-order valence-electron chi connectivity index (χ4n) is 1.91. The summed E-state index contributed by atoms with van der Waals surface area (Å²) in [5, 5.41) is 3.87. The molecule has 0 fully saturated rings. The zero-order chi connectivity index (χ0) is 18.2. The van der Waals surface area contributed by atoms with Crippen LogP contribution in [0.1, 0.15) is 12.5 Å². The number of urea groups is 1. The predicted octanol–water partition coefficient (Wildman–Crippen LogP) is 1.59. The van der Waals surface area contributed by atoms with E-state index < -0.39 is 30.6 Å². The molecule has 0 saturated carbocycles. The third-order valence-corrected chi connectivity index (χ3v) is 3.08. The number of nitrogens with two attached hydrogens (primary N) is 1. The molecule has 0 aliphatic carbocycles. The first-order valence-corrected chi connectivity index (χ1v) is 7.30. The standard InChI is InChI=1S/C15H20F3N3O3/c1-2-24-12-5-3-10(4-6-12)7-11(13(19)22)8-20-14(23)21-9-15(16,17)18/h3-6,11H,2,7-9H2,1H3,(H2,19,22)(H2,20,21,23)/t11-/m1/s1. The summed E-state index contributed by atoms with van der Waals surface area (Å²) in [6.07, 6.45) is -4.25. The summed E-state index contributed by atoms with van der Waals surface area (Å²) < 4.78 is 41.3. The van der Waals surface area contributed by atoms with E-state index in [1.807, 2.05) is 6.92 Å². The summed E-state index contributed by atoms with van der Waals surface area (Å²) in [6.45, 7) is 0.776. The molecule has 1 aromatic rings. The number of ether oxygens (including phenoxy) is 1. The third kappa shape index (κ3) is 7.70. The van der Waals surface area contributed by atoms with Gasteiger partial charge in [-0.25, -0.2) is 4.79 Å². The third-order valence-electron chi connectivity index (χ3n) is 3.08. The number of carbonyl (C=O) groups excluding carboxylic acids is 2. The highest BCUT2D eigenvalue weighted by atomic mass is 19.4. The predicted molar refractivity (Wildman–Crippen MR) is 81.5 cm³/mol. The first-order chi connectivity index (χ1) is 11.2. The number of carbonyl (C=O) groups is 2. The quantitative estimate of drug-likeness (QED) is 0.667. The molecule has 9 heteroatoms. The van der Waals surface area contributed by atoms with Gasteiger partial charge in [-0.15, -0.1) is 0 Å². The van der Waals surface area contributed by atoms with Gasteiger partial charge in [-0.1, -0.05) is 12.1 Å². The monoisotopic (exact) mass is 347 g/mol. The molecule has 0 aliphatic rings. The van der Waals surface area contributed by atoms with Crippen molar-refractivity contribution in [2.45, 2.75) is 19.5 Å². The minimum absolute atomic E-state index is 0.160. The molecule has 1 aromatic carbocycles. The van der Waals surface area contributed by atoms with Gasteiger partial charge in [-0.3, -0.25) is 4.79 Å². The maximum Gasteiger partial charge on any atom is 0.405 e. The molecule has 0 bridgehead atoms. The van der Waals surface area contributed by atoms with Crippen molar-refractivity contribution in [1.82, 2.24) is 10.6 Å². The van der Waals surface area contributed by atoms with Crippen LogP contribution in [-0.2, 0) is 11.2 Å². The second kappa shape index (κ2) is 8.99. The van der Waals surface area contributed by atoms with E-state index in [1.165, 1.54) is 0 Å². The lowest BCUT2D eigenvalue weighted by Crippen LogP contribution is -2.44. The van der Waals surface area contributed by atoms with E-state index in [0.29, 0.717) is 12.4 Å². The molecule has 0 spiro atoms. The van der Waals surface area contributed by atoms with Gasteiger partial charge >= 0.3 is 12.2 Å². The molecule has 0 heterocycles. The molecule has 3 amide bonds. The molecule has 6 nitrogen and oxygen atoms in total. The molecule has 0 saturated heterocycles. The fourth-order valence-corrected chi connectivity index (χ4v) is 1.91. The van der Waals surface area contributed by atoms with Crippen LogP contribution in [0.3, 0.4) is 0 Å². The van der Waals surface area contributed by atoms with Gasteiger partial charge in [-0.05, 0) is 31.0 Å². The number of hydrogen-bond donors (Lipinski definition) is 3. The summed E-state index contributed by atoms with van der Waals surface area (Å²) >= 11 is 0. The van der Waals surface area contributed by atoms with E-state index in [1.54, 1.807) is 29.6 Å². The normalized spacial score (nSPS) is 12.3. The SMILES string of the molecule is CCOc1ccc(C[C@H](CNC(=O)NCC(F)(F)F)C(N)=O)cc1. The lowest BCUT2D eigenvalue weighted by Gasteiger charge is -2.15. The van der Waals surface area contributed by atoms with E-state index in [4.69, 9.17) is 10.5 Å². The summed E-state index contributed by atoms with van der Waals surface area (Å²) in [4.78, 5) is 22.7. The van der Waals surface area contributed by atoms with E-state index in [0.717, 1.165) is 5.56 Å². The Bertz CT molecular complexity index is 547. The maximum atomic E-state index is 12.0. The summed E-state index contributed by atoms with van der Waals surface area (Å²) in [5.74, 6) is -0.707. The van der Waals surface area contributed by atoms with Crippen LogP contribution in [-0.4, -0.2) is 37.8 Å². The van der Waals surface area contributed by atoms with Crippen molar-refractivity contribution in [3.8, 4) is 5.75 Å². The van der Waals surface area contributed by atoms with Crippen LogP contribution in [0.4, 0.5) is 18.0 Å². The fraction of sp³-hybridized carbons (Fsp3) is 0.467. The van der Waals surface area contributed by atoms with Crippen molar-refractivity contribution in [3.05, 3.63) is 29.8 Å². The van der Waals surface area contributed by atoms with Crippen LogP contribution in [0, 0.1) is 5.92 Å². The Morgan fingerprint density at radius 3 is 2.33 bits per heavy atom. The van der Waals surface area contributed by atoms with Gasteiger partial charge in [0, 0.05) is 6.54 Å². The van der Waals surface area contributed by atoms with Crippen molar-refractivity contribution in [2.75, 3.05) is 19.7 Å². The molecule has 0 aromatic heterocycles. The van der Waals surface area contributed by atoms with Crippen LogP contribution in [0.5, 0.6) is 5.75 Å². The van der Waals surface area contributed by atoms with Crippen molar-refractivity contribution >= 4 is 11.9 Å². The van der Waals surface area contributed by atoms with Gasteiger partial charge in [0.2, 0.25) is 5.91 Å². The zero-order valence-corrected chi connectivity index (χ0v) is 13.2. The zero-order valence-electron chi connectivity index (χ0n) is 13.2. The number of amides is 3. The Balaban J connectivity index is 2.52. The molecule has 4 N–H and O–H groups in total. The van der Waals surface area contributed by atoms with E-state index in [9.17, 15) is 22.8 Å². The Morgan fingerprint density at radius 2 is 1.83 bits per heavy atom. The van der Waals surface area contributed by atoms with E-state index in [-0.39, 0.29) is 13.0 Å². The number of alkyl halides is 3. The second-order valence-corrected chi connectivity index (χ2v) is 5.06. The smallest absolute Gasteiger partial charge is 0.405 e. The summed E-state index contributed by atoms with van der Waals surface area (Å²) in [5.41, 5.74) is 6.07. The average molecular weight is 347 g/mol. The number of primary amides is 1. The lowest BCUT2D eigenvalue weighted by atomic mass is 9.98. The van der Waals surface area contributed by atoms with Gasteiger partial charge in [0.15, 0.2) is 0 Å². The van der Waals surface area contributed by atoms with Crippen LogP contribution in [0.25, 0.3) is 0 Å². The number of benzene rings is 1. The van der Waals surface area contributed by atoms with Crippen LogP contribution >= 0.6 is 0 Å². The largest absolute Gasteiger partial charge is 0.494 e. The highest BCUT2D eigenvalue weighted by Crippen LogP contribution is 2.15. The summed E-state index contributed by atoms with van der Waals surface area (Å²) in [6, 6.07) is 5.97. The molecular formula is C15H20F3N3O3. The molecule has 0 unspecified atom stereocenters. The number of hydrogen-bond acceptors (Lipinski definition) is 3. The molecule has 0 radical (unpaired) electrons. The Kier molecular flexibility index (Phi) is 7.34. The molecular weight excluding hydrogens is 327 g/mol. The summed E-state index contributed by atoms with van der Waals surface area (Å²) in [7, 11) is 0. The van der Waals surface area contributed by atoms with Gasteiger partial charge in [-0.2, -0.15) is 13.2 Å². The van der Waals surface area contributed by atoms with Gasteiger partial charge in [0.25, 0.3) is 0 Å².